The Morgan fingerprint density at radius 1 is 0.821 bits per heavy atom. The average Bonchev–Trinajstić information content (AvgIpc) is 2.63. The first-order valence-corrected chi connectivity index (χ1v) is 8.58. The van der Waals surface area contributed by atoms with E-state index < -0.39 is 11.9 Å². The Kier molecular flexibility index (Phi) is 14.3. The zero-order valence-electron chi connectivity index (χ0n) is 16.3. The van der Waals surface area contributed by atoms with Gasteiger partial charge in [-0.1, -0.05) is 12.1 Å². The molecular formula is C20H26N2O6. The first kappa shape index (κ1) is 24.9. The lowest BCUT2D eigenvalue weighted by Crippen LogP contribution is -2.03. The number of hydrogen-bond acceptors (Lipinski definition) is 8. The molecule has 8 nitrogen and oxygen atoms in total. The molecule has 0 fully saturated rings. The van der Waals surface area contributed by atoms with Crippen molar-refractivity contribution in [2.75, 3.05) is 13.2 Å². The smallest absolute Gasteiger partial charge is 0.310 e. The Bertz CT molecular complexity index is 680. The SMILES string of the molecule is CC(=O)OC(C)=O.CC(=O)OCCc1ccccn1.OCCc1ccccn1. The summed E-state index contributed by atoms with van der Waals surface area (Å²) in [5, 5.41) is 8.48. The summed E-state index contributed by atoms with van der Waals surface area (Å²) >= 11 is 0. The largest absolute Gasteiger partial charge is 0.465 e. The molecule has 0 atom stereocenters. The van der Waals surface area contributed by atoms with Crippen LogP contribution in [0.3, 0.4) is 0 Å². The lowest BCUT2D eigenvalue weighted by Gasteiger charge is -2.00. The highest BCUT2D eigenvalue weighted by atomic mass is 16.6. The van der Waals surface area contributed by atoms with Gasteiger partial charge in [0.15, 0.2) is 0 Å². The summed E-state index contributed by atoms with van der Waals surface area (Å²) in [7, 11) is 0. The molecule has 0 aromatic carbocycles. The molecule has 152 valence electrons. The lowest BCUT2D eigenvalue weighted by molar-refractivity contribution is -0.156. The fourth-order valence-electron chi connectivity index (χ4n) is 1.71. The predicted molar refractivity (Wildman–Crippen MR) is 102 cm³/mol. The Morgan fingerprint density at radius 2 is 1.32 bits per heavy atom. The minimum absolute atomic E-state index is 0.178. The van der Waals surface area contributed by atoms with Gasteiger partial charge in [0.25, 0.3) is 0 Å². The van der Waals surface area contributed by atoms with Gasteiger partial charge in [-0.3, -0.25) is 24.4 Å². The third-order valence-electron chi connectivity index (χ3n) is 2.77. The molecule has 0 unspecified atom stereocenters. The molecule has 28 heavy (non-hydrogen) atoms. The fourth-order valence-corrected chi connectivity index (χ4v) is 1.71. The van der Waals surface area contributed by atoms with Crippen LogP contribution in [0.1, 0.15) is 32.2 Å². The van der Waals surface area contributed by atoms with Crippen LogP contribution in [-0.2, 0) is 36.7 Å². The van der Waals surface area contributed by atoms with E-state index in [4.69, 9.17) is 9.84 Å². The van der Waals surface area contributed by atoms with E-state index in [9.17, 15) is 14.4 Å². The molecule has 0 spiro atoms. The zero-order valence-corrected chi connectivity index (χ0v) is 16.3. The average molecular weight is 390 g/mol. The summed E-state index contributed by atoms with van der Waals surface area (Å²) in [6, 6.07) is 11.4. The Hall–Kier alpha value is -3.13. The van der Waals surface area contributed by atoms with Crippen LogP contribution in [0.5, 0.6) is 0 Å². The summed E-state index contributed by atoms with van der Waals surface area (Å²) in [5.41, 5.74) is 1.89. The molecule has 2 rings (SSSR count). The Balaban J connectivity index is 0.000000408. The van der Waals surface area contributed by atoms with Crippen molar-refractivity contribution in [1.29, 1.82) is 0 Å². The number of esters is 3. The molecule has 0 aliphatic rings. The van der Waals surface area contributed by atoms with Crippen LogP contribution in [0.15, 0.2) is 48.8 Å². The van der Waals surface area contributed by atoms with E-state index in [2.05, 4.69) is 14.7 Å². The molecule has 1 N–H and O–H groups in total. The van der Waals surface area contributed by atoms with Gasteiger partial charge in [-0.2, -0.15) is 0 Å². The van der Waals surface area contributed by atoms with Crippen LogP contribution < -0.4 is 0 Å². The van der Waals surface area contributed by atoms with Crippen molar-refractivity contribution in [3.8, 4) is 0 Å². The molecule has 0 radical (unpaired) electrons. The quantitative estimate of drug-likeness (QED) is 0.608. The number of aliphatic hydroxyl groups is 1. The van der Waals surface area contributed by atoms with E-state index in [0.717, 1.165) is 11.4 Å². The number of hydrogen-bond donors (Lipinski definition) is 1. The molecule has 2 aromatic heterocycles. The van der Waals surface area contributed by atoms with E-state index in [1.807, 2.05) is 36.4 Å². The van der Waals surface area contributed by atoms with E-state index in [0.29, 0.717) is 19.4 Å². The van der Waals surface area contributed by atoms with Gasteiger partial charge in [-0.25, -0.2) is 0 Å². The van der Waals surface area contributed by atoms with Crippen molar-refractivity contribution >= 4 is 17.9 Å². The molecule has 8 heteroatoms. The first-order valence-electron chi connectivity index (χ1n) is 8.58. The van der Waals surface area contributed by atoms with Crippen molar-refractivity contribution in [2.45, 2.75) is 33.6 Å². The van der Waals surface area contributed by atoms with Crippen molar-refractivity contribution in [3.05, 3.63) is 60.2 Å². The second-order valence-electron chi connectivity index (χ2n) is 5.29. The van der Waals surface area contributed by atoms with Crippen LogP contribution in [0.4, 0.5) is 0 Å². The summed E-state index contributed by atoms with van der Waals surface area (Å²) in [6.07, 6.45) is 4.79. The number of ether oxygens (including phenoxy) is 2. The molecule has 2 aromatic rings. The van der Waals surface area contributed by atoms with E-state index in [-0.39, 0.29) is 12.6 Å². The first-order chi connectivity index (χ1) is 13.3. The molecule has 0 aliphatic carbocycles. The number of aromatic nitrogens is 2. The second-order valence-corrected chi connectivity index (χ2v) is 5.29. The second kappa shape index (κ2) is 16.1. The topological polar surface area (TPSA) is 116 Å². The Labute approximate surface area is 164 Å². The molecule has 0 amide bonds. The van der Waals surface area contributed by atoms with Gasteiger partial charge in [0.2, 0.25) is 0 Å². The third-order valence-corrected chi connectivity index (χ3v) is 2.77. The van der Waals surface area contributed by atoms with Crippen molar-refractivity contribution in [2.24, 2.45) is 0 Å². The molecule has 0 bridgehead atoms. The molecular weight excluding hydrogens is 364 g/mol. The normalized spacial score (nSPS) is 9.00. The lowest BCUT2D eigenvalue weighted by atomic mass is 10.3. The summed E-state index contributed by atoms with van der Waals surface area (Å²) < 4.78 is 8.74. The van der Waals surface area contributed by atoms with Gasteiger partial charge in [0.05, 0.1) is 6.61 Å². The van der Waals surface area contributed by atoms with Gasteiger partial charge in [-0.15, -0.1) is 0 Å². The predicted octanol–water partition coefficient (Wildman–Crippen LogP) is 1.90. The zero-order chi connectivity index (χ0) is 21.2. The summed E-state index contributed by atoms with van der Waals surface area (Å²) in [4.78, 5) is 38.1. The Morgan fingerprint density at radius 3 is 1.64 bits per heavy atom. The highest BCUT2D eigenvalue weighted by Gasteiger charge is 1.95. The monoisotopic (exact) mass is 390 g/mol. The minimum Gasteiger partial charge on any atom is -0.465 e. The van der Waals surface area contributed by atoms with Crippen LogP contribution in [0, 0.1) is 0 Å². The third kappa shape index (κ3) is 16.3. The number of rotatable bonds is 5. The molecule has 0 saturated carbocycles. The number of pyridine rings is 2. The number of carbonyl (C=O) groups excluding carboxylic acids is 3. The summed E-state index contributed by atoms with van der Waals surface area (Å²) in [6.45, 7) is 4.35. The number of aliphatic hydroxyl groups excluding tert-OH is 1. The molecule has 0 saturated heterocycles. The minimum atomic E-state index is -0.562. The molecule has 0 aliphatic heterocycles. The van der Waals surface area contributed by atoms with Crippen molar-refractivity contribution in [3.63, 3.8) is 0 Å². The van der Waals surface area contributed by atoms with Gasteiger partial charge in [0.1, 0.15) is 0 Å². The van der Waals surface area contributed by atoms with Crippen molar-refractivity contribution < 1.29 is 29.0 Å². The maximum atomic E-state index is 10.4. The van der Waals surface area contributed by atoms with E-state index >= 15 is 0 Å². The van der Waals surface area contributed by atoms with Crippen LogP contribution in [0.2, 0.25) is 0 Å². The van der Waals surface area contributed by atoms with Crippen LogP contribution in [-0.4, -0.2) is 46.2 Å². The number of carbonyl (C=O) groups is 3. The van der Waals surface area contributed by atoms with Gasteiger partial charge in [0, 0.05) is 64.0 Å². The van der Waals surface area contributed by atoms with Crippen LogP contribution in [0.25, 0.3) is 0 Å². The van der Waals surface area contributed by atoms with E-state index in [1.54, 1.807) is 12.4 Å². The van der Waals surface area contributed by atoms with Gasteiger partial charge in [-0.05, 0) is 24.3 Å². The van der Waals surface area contributed by atoms with Crippen LogP contribution >= 0.6 is 0 Å². The fraction of sp³-hybridized carbons (Fsp3) is 0.350. The number of nitrogens with zero attached hydrogens (tertiary/aromatic N) is 2. The maximum Gasteiger partial charge on any atom is 0.310 e. The van der Waals surface area contributed by atoms with Gasteiger partial charge >= 0.3 is 17.9 Å². The molecule has 2 heterocycles. The van der Waals surface area contributed by atoms with Gasteiger partial charge < -0.3 is 14.6 Å². The standard InChI is InChI=1S/C9H11NO2.C7H9NO.C4H6O3/c1-8(11)12-7-5-9-4-2-3-6-10-9;9-6-4-7-3-1-2-5-8-7;1-3(5)7-4(2)6/h2-4,6H,5,7H2,1H3;1-3,5,9H,4,6H2;1-2H3. The van der Waals surface area contributed by atoms with E-state index in [1.165, 1.54) is 20.8 Å². The van der Waals surface area contributed by atoms with Crippen molar-refractivity contribution in [1.82, 2.24) is 9.97 Å². The summed E-state index contributed by atoms with van der Waals surface area (Å²) in [5.74, 6) is -1.37. The maximum absolute atomic E-state index is 10.4. The highest BCUT2D eigenvalue weighted by molar-refractivity contribution is 5.82. The highest BCUT2D eigenvalue weighted by Crippen LogP contribution is 1.94.